The summed E-state index contributed by atoms with van der Waals surface area (Å²) in [6.07, 6.45) is 5.37. The monoisotopic (exact) mass is 331 g/mol. The molecule has 1 heterocycles. The minimum absolute atomic E-state index is 0.0859. The predicted molar refractivity (Wildman–Crippen MR) is 92.8 cm³/mol. The van der Waals surface area contributed by atoms with Crippen LogP contribution < -0.4 is 4.74 Å². The van der Waals surface area contributed by atoms with E-state index in [1.54, 1.807) is 17.1 Å². The maximum Gasteiger partial charge on any atom is 0.306 e. The van der Waals surface area contributed by atoms with Crippen LogP contribution in [0.2, 0.25) is 0 Å². The Morgan fingerprint density at radius 2 is 2.00 bits per heavy atom. The number of hydrogen-bond acceptors (Lipinski definition) is 3. The first kappa shape index (κ1) is 18.0. The summed E-state index contributed by atoms with van der Waals surface area (Å²) in [5, 5.41) is 9.01. The smallest absolute Gasteiger partial charge is 0.306 e. The number of carbonyl (C=O) groups excluding carboxylic acids is 1. The number of ether oxygens (including phenoxy) is 1. The van der Waals surface area contributed by atoms with Gasteiger partial charge in [0, 0.05) is 24.7 Å². The van der Waals surface area contributed by atoms with Gasteiger partial charge in [0.05, 0.1) is 12.0 Å². The molecule has 1 fully saturated rings. The summed E-state index contributed by atoms with van der Waals surface area (Å²) in [4.78, 5) is 25.0. The van der Waals surface area contributed by atoms with Crippen molar-refractivity contribution in [3.8, 4) is 5.75 Å². The highest BCUT2D eigenvalue weighted by atomic mass is 16.5. The van der Waals surface area contributed by atoms with Crippen LogP contribution in [-0.2, 0) is 9.59 Å². The molecule has 24 heavy (non-hydrogen) atoms. The third-order valence-corrected chi connectivity index (χ3v) is 4.38. The molecule has 2 rings (SSSR count). The molecule has 1 N–H and O–H groups in total. The van der Waals surface area contributed by atoms with E-state index in [9.17, 15) is 9.59 Å². The van der Waals surface area contributed by atoms with Crippen LogP contribution in [0, 0.1) is 5.92 Å². The molecule has 1 unspecified atom stereocenters. The number of carboxylic acids is 1. The molecule has 0 aliphatic carbocycles. The fourth-order valence-electron chi connectivity index (χ4n) is 2.64. The molecular weight excluding hydrogens is 306 g/mol. The lowest BCUT2D eigenvalue weighted by molar-refractivity contribution is -0.144. The zero-order chi connectivity index (χ0) is 17.5. The second-order valence-corrected chi connectivity index (χ2v) is 6.15. The summed E-state index contributed by atoms with van der Waals surface area (Å²) in [5.74, 6) is -0.422. The van der Waals surface area contributed by atoms with Gasteiger partial charge in [-0.3, -0.25) is 9.59 Å². The molecule has 1 amide bonds. The fraction of sp³-hybridized carbons (Fsp3) is 0.474. The Kier molecular flexibility index (Phi) is 6.41. The Balaban J connectivity index is 1.98. The molecule has 0 spiro atoms. The molecular formula is C19H25NO4. The first-order valence-corrected chi connectivity index (χ1v) is 8.46. The number of benzene rings is 1. The summed E-state index contributed by atoms with van der Waals surface area (Å²) in [5.41, 5.74) is 0.867. The molecule has 1 aromatic carbocycles. The van der Waals surface area contributed by atoms with Crippen molar-refractivity contribution in [2.45, 2.75) is 39.2 Å². The van der Waals surface area contributed by atoms with Crippen LogP contribution in [-0.4, -0.2) is 41.1 Å². The average Bonchev–Trinajstić information content (AvgIpc) is 2.60. The van der Waals surface area contributed by atoms with Gasteiger partial charge in [0.25, 0.3) is 0 Å². The number of amides is 1. The van der Waals surface area contributed by atoms with Crippen LogP contribution in [0.15, 0.2) is 30.3 Å². The summed E-state index contributed by atoms with van der Waals surface area (Å²) in [7, 11) is 0. The summed E-state index contributed by atoms with van der Waals surface area (Å²) in [6, 6.07) is 7.63. The third-order valence-electron chi connectivity index (χ3n) is 4.38. The van der Waals surface area contributed by atoms with Crippen molar-refractivity contribution in [3.05, 3.63) is 35.9 Å². The van der Waals surface area contributed by atoms with Crippen LogP contribution in [0.5, 0.6) is 5.75 Å². The number of para-hydroxylation sites is 1. The molecule has 1 aliphatic rings. The highest BCUT2D eigenvalue weighted by Crippen LogP contribution is 2.22. The van der Waals surface area contributed by atoms with Gasteiger partial charge in [-0.2, -0.15) is 0 Å². The van der Waals surface area contributed by atoms with Gasteiger partial charge >= 0.3 is 5.97 Å². The lowest BCUT2D eigenvalue weighted by atomic mass is 9.97. The Morgan fingerprint density at radius 3 is 2.62 bits per heavy atom. The average molecular weight is 331 g/mol. The van der Waals surface area contributed by atoms with E-state index in [2.05, 4.69) is 6.92 Å². The standard InChI is InChI=1S/C19H25NO4/c1-3-14(2)24-17-7-5-4-6-15(17)8-9-18(21)20-12-10-16(11-13-20)19(22)23/h4-9,14,16H,3,10-13H2,1-2H3,(H,22,23). The number of nitrogens with zero attached hydrogens (tertiary/aromatic N) is 1. The molecule has 0 radical (unpaired) electrons. The Hall–Kier alpha value is -2.30. The number of carboxylic acid groups (broad SMARTS) is 1. The van der Waals surface area contributed by atoms with Crippen LogP contribution in [0.1, 0.15) is 38.7 Å². The molecule has 5 nitrogen and oxygen atoms in total. The van der Waals surface area contributed by atoms with E-state index >= 15 is 0 Å². The highest BCUT2D eigenvalue weighted by Gasteiger charge is 2.25. The van der Waals surface area contributed by atoms with Crippen molar-refractivity contribution >= 4 is 18.0 Å². The minimum Gasteiger partial charge on any atom is -0.490 e. The summed E-state index contributed by atoms with van der Waals surface area (Å²) >= 11 is 0. The normalized spacial score (nSPS) is 17.0. The maximum absolute atomic E-state index is 12.3. The number of piperidine rings is 1. The van der Waals surface area contributed by atoms with Crippen LogP contribution in [0.4, 0.5) is 0 Å². The zero-order valence-electron chi connectivity index (χ0n) is 14.3. The third kappa shape index (κ3) is 4.85. The van der Waals surface area contributed by atoms with E-state index in [-0.39, 0.29) is 17.9 Å². The Morgan fingerprint density at radius 1 is 1.33 bits per heavy atom. The molecule has 0 saturated carbocycles. The first-order valence-electron chi connectivity index (χ1n) is 8.46. The van der Waals surface area contributed by atoms with E-state index in [1.807, 2.05) is 31.2 Å². The quantitative estimate of drug-likeness (QED) is 0.813. The highest BCUT2D eigenvalue weighted by molar-refractivity contribution is 5.92. The van der Waals surface area contributed by atoms with Crippen LogP contribution in [0.25, 0.3) is 6.08 Å². The van der Waals surface area contributed by atoms with Crippen molar-refractivity contribution in [2.75, 3.05) is 13.1 Å². The molecule has 5 heteroatoms. The van der Waals surface area contributed by atoms with E-state index in [0.717, 1.165) is 17.7 Å². The van der Waals surface area contributed by atoms with Gasteiger partial charge in [-0.1, -0.05) is 25.1 Å². The number of rotatable bonds is 6. The van der Waals surface area contributed by atoms with Gasteiger partial charge in [-0.25, -0.2) is 0 Å². The van der Waals surface area contributed by atoms with Gasteiger partial charge in [0.1, 0.15) is 5.75 Å². The molecule has 1 aromatic rings. The number of carbonyl (C=O) groups is 2. The molecule has 1 saturated heterocycles. The van der Waals surface area contributed by atoms with E-state index in [0.29, 0.717) is 25.9 Å². The zero-order valence-corrected chi connectivity index (χ0v) is 14.3. The lowest BCUT2D eigenvalue weighted by Gasteiger charge is -2.29. The van der Waals surface area contributed by atoms with Gasteiger partial charge in [-0.15, -0.1) is 0 Å². The number of aliphatic carboxylic acids is 1. The topological polar surface area (TPSA) is 66.8 Å². The second-order valence-electron chi connectivity index (χ2n) is 6.15. The SMILES string of the molecule is CCC(C)Oc1ccccc1C=CC(=O)N1CCC(C(=O)O)CC1. The Bertz CT molecular complexity index is 603. The van der Waals surface area contributed by atoms with Crippen molar-refractivity contribution in [1.82, 2.24) is 4.90 Å². The minimum atomic E-state index is -0.770. The van der Waals surface area contributed by atoms with Crippen LogP contribution in [0.3, 0.4) is 0 Å². The van der Waals surface area contributed by atoms with Crippen molar-refractivity contribution in [2.24, 2.45) is 5.92 Å². The van der Waals surface area contributed by atoms with Crippen LogP contribution >= 0.6 is 0 Å². The fourth-order valence-corrected chi connectivity index (χ4v) is 2.64. The molecule has 1 atom stereocenters. The van der Waals surface area contributed by atoms with Gasteiger partial charge < -0.3 is 14.7 Å². The largest absolute Gasteiger partial charge is 0.490 e. The number of hydrogen-bond donors (Lipinski definition) is 1. The number of likely N-dealkylation sites (tertiary alicyclic amines) is 1. The lowest BCUT2D eigenvalue weighted by Crippen LogP contribution is -2.39. The predicted octanol–water partition coefficient (Wildman–Crippen LogP) is 3.20. The van der Waals surface area contributed by atoms with E-state index in [4.69, 9.17) is 9.84 Å². The van der Waals surface area contributed by atoms with E-state index in [1.165, 1.54) is 0 Å². The molecule has 0 aromatic heterocycles. The molecule has 1 aliphatic heterocycles. The van der Waals surface area contributed by atoms with Gasteiger partial charge in [0.2, 0.25) is 5.91 Å². The maximum atomic E-state index is 12.3. The summed E-state index contributed by atoms with van der Waals surface area (Å²) < 4.78 is 5.87. The van der Waals surface area contributed by atoms with Crippen molar-refractivity contribution in [1.29, 1.82) is 0 Å². The van der Waals surface area contributed by atoms with Gasteiger partial charge in [-0.05, 0) is 38.3 Å². The second kappa shape index (κ2) is 8.52. The van der Waals surface area contributed by atoms with E-state index < -0.39 is 5.97 Å². The summed E-state index contributed by atoms with van der Waals surface area (Å²) in [6.45, 7) is 5.06. The van der Waals surface area contributed by atoms with Gasteiger partial charge in [0.15, 0.2) is 0 Å². The van der Waals surface area contributed by atoms with Crippen molar-refractivity contribution in [3.63, 3.8) is 0 Å². The first-order chi connectivity index (χ1) is 11.5. The molecule has 0 bridgehead atoms. The molecule has 130 valence electrons. The van der Waals surface area contributed by atoms with Crippen molar-refractivity contribution < 1.29 is 19.4 Å². The Labute approximate surface area is 142 Å².